The van der Waals surface area contributed by atoms with Crippen LogP contribution in [0.2, 0.25) is 0 Å². The SMILES string of the molecule is CC(O)C(O)CO.CCC(O)CC(O)CO. The Morgan fingerprint density at radius 2 is 1.38 bits per heavy atom. The molecular weight excluding hydrogens is 216 g/mol. The summed E-state index contributed by atoms with van der Waals surface area (Å²) in [5.74, 6) is 0. The van der Waals surface area contributed by atoms with Gasteiger partial charge in [-0.1, -0.05) is 6.92 Å². The van der Waals surface area contributed by atoms with Crippen LogP contribution < -0.4 is 0 Å². The zero-order chi connectivity index (χ0) is 13.1. The maximum atomic E-state index is 8.89. The van der Waals surface area contributed by atoms with Crippen LogP contribution in [0.15, 0.2) is 0 Å². The molecule has 0 amide bonds. The third-order valence-corrected chi connectivity index (χ3v) is 1.97. The molecule has 0 aliphatic rings. The Kier molecular flexibility index (Phi) is 12.8. The number of hydrogen-bond acceptors (Lipinski definition) is 6. The van der Waals surface area contributed by atoms with E-state index >= 15 is 0 Å². The van der Waals surface area contributed by atoms with Gasteiger partial charge in [0.1, 0.15) is 6.10 Å². The fourth-order valence-corrected chi connectivity index (χ4v) is 0.708. The van der Waals surface area contributed by atoms with Gasteiger partial charge in [0, 0.05) is 6.42 Å². The molecule has 0 rings (SSSR count). The molecule has 0 fully saturated rings. The van der Waals surface area contributed by atoms with Gasteiger partial charge in [-0.05, 0) is 13.3 Å². The van der Waals surface area contributed by atoms with Crippen LogP contribution in [-0.2, 0) is 0 Å². The Hall–Kier alpha value is -0.240. The van der Waals surface area contributed by atoms with Crippen LogP contribution >= 0.6 is 0 Å². The minimum atomic E-state index is -0.986. The van der Waals surface area contributed by atoms with Crippen molar-refractivity contribution in [3.05, 3.63) is 0 Å². The lowest BCUT2D eigenvalue weighted by Crippen LogP contribution is -2.25. The van der Waals surface area contributed by atoms with Crippen molar-refractivity contribution in [1.82, 2.24) is 0 Å². The lowest BCUT2D eigenvalue weighted by molar-refractivity contribution is -0.00425. The summed E-state index contributed by atoms with van der Waals surface area (Å²) in [6.45, 7) is 2.60. The van der Waals surface area contributed by atoms with Crippen molar-refractivity contribution in [3.63, 3.8) is 0 Å². The van der Waals surface area contributed by atoms with Crippen LogP contribution in [0.4, 0.5) is 0 Å². The fraction of sp³-hybridized carbons (Fsp3) is 1.00. The zero-order valence-electron chi connectivity index (χ0n) is 9.82. The minimum Gasteiger partial charge on any atom is -0.394 e. The number of hydrogen-bond donors (Lipinski definition) is 6. The summed E-state index contributed by atoms with van der Waals surface area (Å²) in [5, 5.41) is 50.9. The topological polar surface area (TPSA) is 121 Å². The van der Waals surface area contributed by atoms with Gasteiger partial charge in [-0.15, -0.1) is 0 Å². The molecule has 0 spiro atoms. The molecule has 0 saturated heterocycles. The molecule has 0 aliphatic heterocycles. The first-order chi connectivity index (χ1) is 7.38. The lowest BCUT2D eigenvalue weighted by Gasteiger charge is -2.10. The Morgan fingerprint density at radius 3 is 1.56 bits per heavy atom. The monoisotopic (exact) mass is 240 g/mol. The minimum absolute atomic E-state index is 0.267. The van der Waals surface area contributed by atoms with Crippen LogP contribution in [0.25, 0.3) is 0 Å². The van der Waals surface area contributed by atoms with E-state index in [-0.39, 0.29) is 19.6 Å². The van der Waals surface area contributed by atoms with E-state index < -0.39 is 24.4 Å². The van der Waals surface area contributed by atoms with Crippen LogP contribution in [0.3, 0.4) is 0 Å². The highest BCUT2D eigenvalue weighted by Gasteiger charge is 2.07. The van der Waals surface area contributed by atoms with E-state index in [1.54, 1.807) is 0 Å². The molecule has 100 valence electrons. The van der Waals surface area contributed by atoms with E-state index in [4.69, 9.17) is 30.6 Å². The van der Waals surface area contributed by atoms with Crippen LogP contribution in [0.5, 0.6) is 0 Å². The van der Waals surface area contributed by atoms with Gasteiger partial charge in [-0.2, -0.15) is 0 Å². The van der Waals surface area contributed by atoms with Crippen LogP contribution in [-0.4, -0.2) is 68.3 Å². The highest BCUT2D eigenvalue weighted by molar-refractivity contribution is 4.59. The Morgan fingerprint density at radius 1 is 0.875 bits per heavy atom. The summed E-state index contributed by atoms with van der Waals surface area (Å²) in [5.41, 5.74) is 0. The first-order valence-corrected chi connectivity index (χ1v) is 5.32. The van der Waals surface area contributed by atoms with Crippen LogP contribution in [0.1, 0.15) is 26.7 Å². The molecule has 6 N–H and O–H groups in total. The molecular formula is C10H24O6. The lowest BCUT2D eigenvalue weighted by atomic mass is 10.1. The number of rotatable bonds is 6. The molecule has 0 radical (unpaired) electrons. The van der Waals surface area contributed by atoms with Crippen molar-refractivity contribution in [3.8, 4) is 0 Å². The van der Waals surface area contributed by atoms with Gasteiger partial charge in [0.15, 0.2) is 0 Å². The Bertz CT molecular complexity index is 133. The average molecular weight is 240 g/mol. The zero-order valence-corrected chi connectivity index (χ0v) is 9.82. The Labute approximate surface area is 95.8 Å². The average Bonchev–Trinajstić information content (AvgIpc) is 2.28. The number of aliphatic hydroxyl groups is 6. The van der Waals surface area contributed by atoms with Gasteiger partial charge < -0.3 is 30.6 Å². The van der Waals surface area contributed by atoms with Gasteiger partial charge in [-0.3, -0.25) is 0 Å². The smallest absolute Gasteiger partial charge is 0.103 e. The van der Waals surface area contributed by atoms with E-state index in [1.165, 1.54) is 6.92 Å². The highest BCUT2D eigenvalue weighted by atomic mass is 16.4. The molecule has 0 saturated carbocycles. The quantitative estimate of drug-likeness (QED) is 0.326. The summed E-state index contributed by atoms with van der Waals surface area (Å²) < 4.78 is 0. The van der Waals surface area contributed by atoms with Crippen molar-refractivity contribution < 1.29 is 30.6 Å². The molecule has 16 heavy (non-hydrogen) atoms. The first kappa shape index (κ1) is 18.1. The van der Waals surface area contributed by atoms with E-state index in [0.717, 1.165) is 0 Å². The highest BCUT2D eigenvalue weighted by Crippen LogP contribution is 2.00. The summed E-state index contributed by atoms with van der Waals surface area (Å²) in [6, 6.07) is 0. The molecule has 6 heteroatoms. The van der Waals surface area contributed by atoms with Crippen molar-refractivity contribution in [1.29, 1.82) is 0 Å². The van der Waals surface area contributed by atoms with Crippen molar-refractivity contribution in [2.24, 2.45) is 0 Å². The van der Waals surface area contributed by atoms with E-state index in [0.29, 0.717) is 6.42 Å². The van der Waals surface area contributed by atoms with Gasteiger partial charge in [-0.25, -0.2) is 0 Å². The summed E-state index contributed by atoms with van der Waals surface area (Å²) in [6.07, 6.45) is -2.17. The van der Waals surface area contributed by atoms with Crippen molar-refractivity contribution in [2.75, 3.05) is 13.2 Å². The number of aliphatic hydroxyl groups excluding tert-OH is 6. The summed E-state index contributed by atoms with van der Waals surface area (Å²) >= 11 is 0. The third-order valence-electron chi connectivity index (χ3n) is 1.97. The molecule has 6 nitrogen and oxygen atoms in total. The fourth-order valence-electron chi connectivity index (χ4n) is 0.708. The second kappa shape index (κ2) is 11.3. The van der Waals surface area contributed by atoms with E-state index in [9.17, 15) is 0 Å². The van der Waals surface area contributed by atoms with Crippen molar-refractivity contribution in [2.45, 2.75) is 51.1 Å². The second-order valence-electron chi connectivity index (χ2n) is 3.62. The molecule has 0 aromatic heterocycles. The third kappa shape index (κ3) is 11.8. The molecule has 0 aromatic carbocycles. The van der Waals surface area contributed by atoms with E-state index in [1.807, 2.05) is 6.92 Å². The van der Waals surface area contributed by atoms with Gasteiger partial charge in [0.05, 0.1) is 31.5 Å². The standard InChI is InChI=1S/C6H14O3.C4H10O3/c1-2-5(8)3-6(9)4-7;1-3(6)4(7)2-5/h5-9H,2-4H2,1H3;3-7H,2H2,1H3. The van der Waals surface area contributed by atoms with Gasteiger partial charge in [0.2, 0.25) is 0 Å². The Balaban J connectivity index is 0. The van der Waals surface area contributed by atoms with Gasteiger partial charge in [0.25, 0.3) is 0 Å². The molecule has 0 aliphatic carbocycles. The maximum absolute atomic E-state index is 8.89. The van der Waals surface area contributed by atoms with E-state index in [2.05, 4.69) is 0 Å². The predicted molar refractivity (Wildman–Crippen MR) is 58.8 cm³/mol. The van der Waals surface area contributed by atoms with Crippen LogP contribution in [0, 0.1) is 0 Å². The maximum Gasteiger partial charge on any atom is 0.103 e. The second-order valence-corrected chi connectivity index (χ2v) is 3.62. The molecule has 0 heterocycles. The molecule has 0 bridgehead atoms. The predicted octanol–water partition coefficient (Wildman–Crippen LogP) is -1.78. The summed E-state index contributed by atoms with van der Waals surface area (Å²) in [7, 11) is 0. The molecule has 0 aromatic rings. The first-order valence-electron chi connectivity index (χ1n) is 5.32. The molecule has 4 atom stereocenters. The normalized spacial score (nSPS) is 18.0. The van der Waals surface area contributed by atoms with Crippen molar-refractivity contribution >= 4 is 0 Å². The largest absolute Gasteiger partial charge is 0.394 e. The molecule has 4 unspecified atom stereocenters. The van der Waals surface area contributed by atoms with Gasteiger partial charge >= 0.3 is 0 Å². The summed E-state index contributed by atoms with van der Waals surface area (Å²) in [4.78, 5) is 0.